The van der Waals surface area contributed by atoms with Crippen LogP contribution in [0.4, 0.5) is 0 Å². The van der Waals surface area contributed by atoms with E-state index in [1.165, 1.54) is 19.8 Å². The van der Waals surface area contributed by atoms with Gasteiger partial charge in [0.2, 0.25) is 0 Å². The van der Waals surface area contributed by atoms with Crippen LogP contribution < -0.4 is 14.9 Å². The fraction of sp³-hybridized carbons (Fsp3) is 0.263. The highest BCUT2D eigenvalue weighted by atomic mass is 16.5. The summed E-state index contributed by atoms with van der Waals surface area (Å²) >= 11 is 0. The summed E-state index contributed by atoms with van der Waals surface area (Å²) in [6.07, 6.45) is 1.67. The maximum absolute atomic E-state index is 12.3. The number of carbonyl (C=O) groups excluding carboxylic acids is 1. The maximum atomic E-state index is 12.3. The number of carbonyl (C=O) groups is 1. The van der Waals surface area contributed by atoms with Gasteiger partial charge >= 0.3 is 0 Å². The van der Waals surface area contributed by atoms with Gasteiger partial charge in [0.05, 0.1) is 20.4 Å². The van der Waals surface area contributed by atoms with Crippen molar-refractivity contribution in [3.05, 3.63) is 58.1 Å². The molecule has 126 valence electrons. The minimum absolute atomic E-state index is 0.328. The van der Waals surface area contributed by atoms with Gasteiger partial charge in [0, 0.05) is 17.2 Å². The Morgan fingerprint density at radius 1 is 0.958 bits per heavy atom. The number of nitrogens with zero attached hydrogens (tertiary/aromatic N) is 1. The van der Waals surface area contributed by atoms with Crippen molar-refractivity contribution in [2.24, 2.45) is 5.10 Å². The van der Waals surface area contributed by atoms with E-state index >= 15 is 0 Å². The molecule has 0 aliphatic rings. The first kappa shape index (κ1) is 17.5. The quantitative estimate of drug-likeness (QED) is 0.677. The van der Waals surface area contributed by atoms with Crippen LogP contribution in [-0.4, -0.2) is 26.3 Å². The zero-order chi connectivity index (χ0) is 17.7. The second kappa shape index (κ2) is 7.64. The van der Waals surface area contributed by atoms with E-state index in [0.717, 1.165) is 16.7 Å². The SMILES string of the molecule is COc1cc(OC)cc(C(=O)N/N=C/c2c(C)cc(C)cc2C)c1. The Morgan fingerprint density at radius 2 is 1.50 bits per heavy atom. The van der Waals surface area contributed by atoms with E-state index in [0.29, 0.717) is 17.1 Å². The van der Waals surface area contributed by atoms with E-state index < -0.39 is 0 Å². The van der Waals surface area contributed by atoms with E-state index in [-0.39, 0.29) is 5.91 Å². The standard InChI is InChI=1S/C19H22N2O3/c1-12-6-13(2)18(14(3)7-12)11-20-21-19(22)15-8-16(23-4)10-17(9-15)24-5/h6-11H,1-5H3,(H,21,22)/b20-11+. The Balaban J connectivity index is 2.16. The summed E-state index contributed by atoms with van der Waals surface area (Å²) in [5, 5.41) is 4.07. The lowest BCUT2D eigenvalue weighted by atomic mass is 10.0. The molecule has 1 N–H and O–H groups in total. The van der Waals surface area contributed by atoms with Gasteiger partial charge in [-0.05, 0) is 44.0 Å². The van der Waals surface area contributed by atoms with E-state index in [1.54, 1.807) is 24.4 Å². The highest BCUT2D eigenvalue weighted by Crippen LogP contribution is 2.22. The van der Waals surface area contributed by atoms with Crippen LogP contribution >= 0.6 is 0 Å². The molecule has 0 bridgehead atoms. The number of hydrogen-bond donors (Lipinski definition) is 1. The number of amides is 1. The normalized spacial score (nSPS) is 10.7. The Morgan fingerprint density at radius 3 is 2.00 bits per heavy atom. The topological polar surface area (TPSA) is 59.9 Å². The van der Waals surface area contributed by atoms with Crippen LogP contribution in [0.2, 0.25) is 0 Å². The lowest BCUT2D eigenvalue weighted by molar-refractivity contribution is 0.0954. The molecule has 2 aromatic carbocycles. The highest BCUT2D eigenvalue weighted by molar-refractivity contribution is 5.96. The third-order valence-corrected chi connectivity index (χ3v) is 3.71. The lowest BCUT2D eigenvalue weighted by Crippen LogP contribution is -2.18. The van der Waals surface area contributed by atoms with Crippen LogP contribution in [0.5, 0.6) is 11.5 Å². The van der Waals surface area contributed by atoms with Crippen molar-refractivity contribution in [1.29, 1.82) is 0 Å². The zero-order valence-electron chi connectivity index (χ0n) is 14.6. The molecule has 0 fully saturated rings. The van der Waals surface area contributed by atoms with Crippen molar-refractivity contribution >= 4 is 12.1 Å². The number of hydrogen-bond acceptors (Lipinski definition) is 4. The molecule has 0 unspecified atom stereocenters. The highest BCUT2D eigenvalue weighted by Gasteiger charge is 2.09. The fourth-order valence-electron chi connectivity index (χ4n) is 2.55. The van der Waals surface area contributed by atoms with E-state index in [9.17, 15) is 4.79 Å². The Hall–Kier alpha value is -2.82. The second-order valence-electron chi connectivity index (χ2n) is 5.61. The van der Waals surface area contributed by atoms with Gasteiger partial charge in [0.1, 0.15) is 11.5 Å². The summed E-state index contributed by atoms with van der Waals surface area (Å²) in [6, 6.07) is 9.15. The van der Waals surface area contributed by atoms with Crippen LogP contribution in [0.25, 0.3) is 0 Å². The number of methoxy groups -OCH3 is 2. The summed E-state index contributed by atoms with van der Waals surface area (Å²) in [5.41, 5.74) is 7.40. The number of benzene rings is 2. The van der Waals surface area contributed by atoms with Crippen LogP contribution in [0.1, 0.15) is 32.6 Å². The Bertz CT molecular complexity index is 737. The molecule has 0 aliphatic carbocycles. The van der Waals surface area contributed by atoms with Crippen LogP contribution in [0.15, 0.2) is 35.4 Å². The molecule has 0 heterocycles. The Kier molecular flexibility index (Phi) is 5.58. The van der Waals surface area contributed by atoms with Crippen molar-refractivity contribution in [3.63, 3.8) is 0 Å². The number of aryl methyl sites for hydroxylation is 3. The Labute approximate surface area is 142 Å². The molecular formula is C19H22N2O3. The molecule has 0 saturated heterocycles. The fourth-order valence-corrected chi connectivity index (χ4v) is 2.55. The summed E-state index contributed by atoms with van der Waals surface area (Å²) in [6.45, 7) is 6.10. The van der Waals surface area contributed by atoms with Crippen LogP contribution in [-0.2, 0) is 0 Å². The number of ether oxygens (including phenoxy) is 2. The first-order valence-corrected chi connectivity index (χ1v) is 7.59. The summed E-state index contributed by atoms with van der Waals surface area (Å²) in [7, 11) is 3.08. The van der Waals surface area contributed by atoms with Gasteiger partial charge in [0.15, 0.2) is 0 Å². The lowest BCUT2D eigenvalue weighted by Gasteiger charge is -2.08. The van der Waals surface area contributed by atoms with Crippen LogP contribution in [0.3, 0.4) is 0 Å². The molecule has 24 heavy (non-hydrogen) atoms. The van der Waals surface area contributed by atoms with Crippen molar-refractivity contribution in [1.82, 2.24) is 5.43 Å². The van der Waals surface area contributed by atoms with Crippen molar-refractivity contribution in [2.75, 3.05) is 14.2 Å². The third-order valence-electron chi connectivity index (χ3n) is 3.71. The molecule has 5 nitrogen and oxygen atoms in total. The van der Waals surface area contributed by atoms with Crippen molar-refractivity contribution in [2.45, 2.75) is 20.8 Å². The molecule has 0 spiro atoms. The van der Waals surface area contributed by atoms with E-state index in [4.69, 9.17) is 9.47 Å². The number of hydrazone groups is 1. The minimum Gasteiger partial charge on any atom is -0.497 e. The minimum atomic E-state index is -0.328. The summed E-state index contributed by atoms with van der Waals surface area (Å²) in [4.78, 5) is 12.3. The van der Waals surface area contributed by atoms with Gasteiger partial charge in [-0.15, -0.1) is 0 Å². The first-order chi connectivity index (χ1) is 11.4. The molecular weight excluding hydrogens is 304 g/mol. The molecule has 0 saturated carbocycles. The predicted octanol–water partition coefficient (Wildman–Crippen LogP) is 3.39. The van der Waals surface area contributed by atoms with Gasteiger partial charge in [0.25, 0.3) is 5.91 Å². The summed E-state index contributed by atoms with van der Waals surface area (Å²) in [5.74, 6) is 0.772. The summed E-state index contributed by atoms with van der Waals surface area (Å²) < 4.78 is 10.3. The van der Waals surface area contributed by atoms with Gasteiger partial charge in [-0.3, -0.25) is 4.79 Å². The third kappa shape index (κ3) is 4.13. The average molecular weight is 326 g/mol. The second-order valence-corrected chi connectivity index (χ2v) is 5.61. The smallest absolute Gasteiger partial charge is 0.271 e. The predicted molar refractivity (Wildman–Crippen MR) is 95.3 cm³/mol. The monoisotopic (exact) mass is 326 g/mol. The van der Waals surface area contributed by atoms with Crippen LogP contribution in [0, 0.1) is 20.8 Å². The number of nitrogens with one attached hydrogen (secondary N) is 1. The molecule has 2 rings (SSSR count). The number of rotatable bonds is 5. The van der Waals surface area contributed by atoms with Gasteiger partial charge in [-0.25, -0.2) is 5.43 Å². The van der Waals surface area contributed by atoms with Gasteiger partial charge in [-0.1, -0.05) is 17.7 Å². The van der Waals surface area contributed by atoms with Gasteiger partial charge in [-0.2, -0.15) is 5.10 Å². The molecule has 2 aromatic rings. The first-order valence-electron chi connectivity index (χ1n) is 7.59. The average Bonchev–Trinajstić information content (AvgIpc) is 2.56. The van der Waals surface area contributed by atoms with Crippen molar-refractivity contribution in [3.8, 4) is 11.5 Å². The van der Waals surface area contributed by atoms with Crippen molar-refractivity contribution < 1.29 is 14.3 Å². The maximum Gasteiger partial charge on any atom is 0.271 e. The van der Waals surface area contributed by atoms with Gasteiger partial charge < -0.3 is 9.47 Å². The molecule has 0 radical (unpaired) electrons. The largest absolute Gasteiger partial charge is 0.497 e. The molecule has 1 amide bonds. The van der Waals surface area contributed by atoms with E-state index in [1.807, 2.05) is 13.8 Å². The molecule has 0 atom stereocenters. The molecule has 5 heteroatoms. The van der Waals surface area contributed by atoms with E-state index in [2.05, 4.69) is 29.6 Å². The molecule has 0 aliphatic heterocycles. The molecule has 0 aromatic heterocycles. The zero-order valence-corrected chi connectivity index (χ0v) is 14.6.